The molecule has 0 aliphatic carbocycles. The van der Waals surface area contributed by atoms with Crippen LogP contribution in [0.5, 0.6) is 0 Å². The molecule has 0 fully saturated rings. The van der Waals surface area contributed by atoms with E-state index in [0.29, 0.717) is 0 Å². The van der Waals surface area contributed by atoms with E-state index in [0.717, 1.165) is 36.3 Å². The molecule has 0 saturated carbocycles. The summed E-state index contributed by atoms with van der Waals surface area (Å²) in [6, 6.07) is 2.16. The van der Waals surface area contributed by atoms with Crippen LogP contribution in [0.25, 0.3) is 0 Å². The molecule has 0 aliphatic heterocycles. The standard InChI is InChI=1S/C14H24BrN3/c1-4-6-8-18(3)14-12(10-16-7-5-2)9-13(15)11-17-14/h9,11,16H,4-8,10H2,1-3H3. The number of unbranched alkanes of at least 4 members (excludes halogenated alkanes) is 1. The number of nitrogens with one attached hydrogen (secondary N) is 1. The number of rotatable bonds is 8. The smallest absolute Gasteiger partial charge is 0.132 e. The predicted octanol–water partition coefficient (Wildman–Crippen LogP) is 3.58. The summed E-state index contributed by atoms with van der Waals surface area (Å²) >= 11 is 3.50. The van der Waals surface area contributed by atoms with Crippen molar-refractivity contribution in [3.63, 3.8) is 0 Å². The quantitative estimate of drug-likeness (QED) is 0.743. The molecule has 0 amide bonds. The van der Waals surface area contributed by atoms with Crippen LogP contribution >= 0.6 is 15.9 Å². The maximum absolute atomic E-state index is 4.55. The van der Waals surface area contributed by atoms with Crippen LogP contribution in [0.1, 0.15) is 38.7 Å². The molecule has 1 aromatic rings. The molecule has 102 valence electrons. The van der Waals surface area contributed by atoms with Crippen molar-refractivity contribution in [1.82, 2.24) is 10.3 Å². The van der Waals surface area contributed by atoms with E-state index in [1.165, 1.54) is 18.4 Å². The van der Waals surface area contributed by atoms with Gasteiger partial charge >= 0.3 is 0 Å². The molecular formula is C14H24BrN3. The highest BCUT2D eigenvalue weighted by atomic mass is 79.9. The zero-order valence-corrected chi connectivity index (χ0v) is 13.3. The molecule has 18 heavy (non-hydrogen) atoms. The summed E-state index contributed by atoms with van der Waals surface area (Å²) in [5, 5.41) is 3.44. The lowest BCUT2D eigenvalue weighted by atomic mass is 10.2. The molecule has 1 N–H and O–H groups in total. The number of pyridine rings is 1. The van der Waals surface area contributed by atoms with Gasteiger partial charge in [-0.3, -0.25) is 0 Å². The highest BCUT2D eigenvalue weighted by molar-refractivity contribution is 9.10. The van der Waals surface area contributed by atoms with Crippen LogP contribution in [0.2, 0.25) is 0 Å². The Bertz CT molecular complexity index is 355. The second-order valence-corrected chi connectivity index (χ2v) is 5.50. The van der Waals surface area contributed by atoms with Gasteiger partial charge in [0.25, 0.3) is 0 Å². The lowest BCUT2D eigenvalue weighted by molar-refractivity contribution is 0.669. The van der Waals surface area contributed by atoms with Crippen LogP contribution in [0.15, 0.2) is 16.7 Å². The SMILES string of the molecule is CCCCN(C)c1ncc(Br)cc1CNCCC. The van der Waals surface area contributed by atoms with Crippen molar-refractivity contribution in [3.8, 4) is 0 Å². The van der Waals surface area contributed by atoms with Crippen molar-refractivity contribution in [2.75, 3.05) is 25.0 Å². The summed E-state index contributed by atoms with van der Waals surface area (Å²) in [7, 11) is 2.12. The number of hydrogen-bond donors (Lipinski definition) is 1. The lowest BCUT2D eigenvalue weighted by Crippen LogP contribution is -2.23. The number of anilines is 1. The maximum atomic E-state index is 4.55. The third-order valence-corrected chi connectivity index (χ3v) is 3.29. The van der Waals surface area contributed by atoms with E-state index >= 15 is 0 Å². The molecule has 1 rings (SSSR count). The van der Waals surface area contributed by atoms with Gasteiger partial charge in [0.2, 0.25) is 0 Å². The molecular weight excluding hydrogens is 290 g/mol. The summed E-state index contributed by atoms with van der Waals surface area (Å²) in [6.07, 6.45) is 5.45. The van der Waals surface area contributed by atoms with Gasteiger partial charge in [-0.05, 0) is 41.4 Å². The fourth-order valence-electron chi connectivity index (χ4n) is 1.85. The van der Waals surface area contributed by atoms with Crippen molar-refractivity contribution in [2.45, 2.75) is 39.7 Å². The highest BCUT2D eigenvalue weighted by Crippen LogP contribution is 2.21. The van der Waals surface area contributed by atoms with Crippen LogP contribution in [0.3, 0.4) is 0 Å². The second kappa shape index (κ2) is 8.48. The number of nitrogens with zero attached hydrogens (tertiary/aromatic N) is 2. The zero-order chi connectivity index (χ0) is 13.4. The lowest BCUT2D eigenvalue weighted by Gasteiger charge is -2.21. The first kappa shape index (κ1) is 15.4. The summed E-state index contributed by atoms with van der Waals surface area (Å²) in [6.45, 7) is 7.38. The molecule has 0 radical (unpaired) electrons. The van der Waals surface area contributed by atoms with E-state index < -0.39 is 0 Å². The highest BCUT2D eigenvalue weighted by Gasteiger charge is 2.09. The molecule has 0 spiro atoms. The summed E-state index contributed by atoms with van der Waals surface area (Å²) in [5.74, 6) is 1.09. The Balaban J connectivity index is 2.74. The van der Waals surface area contributed by atoms with Gasteiger partial charge < -0.3 is 10.2 Å². The van der Waals surface area contributed by atoms with Crippen LogP contribution in [0, 0.1) is 0 Å². The average molecular weight is 314 g/mol. The van der Waals surface area contributed by atoms with E-state index in [4.69, 9.17) is 0 Å². The minimum Gasteiger partial charge on any atom is -0.359 e. The minimum absolute atomic E-state index is 0.881. The Hall–Kier alpha value is -0.610. The number of halogens is 1. The van der Waals surface area contributed by atoms with Crippen LogP contribution in [-0.4, -0.2) is 25.1 Å². The van der Waals surface area contributed by atoms with Gasteiger partial charge in [0.1, 0.15) is 5.82 Å². The summed E-state index contributed by atoms with van der Waals surface area (Å²) in [4.78, 5) is 6.80. The number of hydrogen-bond acceptors (Lipinski definition) is 3. The van der Waals surface area contributed by atoms with Crippen molar-refractivity contribution in [3.05, 3.63) is 22.3 Å². The van der Waals surface area contributed by atoms with Gasteiger partial charge in [-0.2, -0.15) is 0 Å². The zero-order valence-electron chi connectivity index (χ0n) is 11.7. The van der Waals surface area contributed by atoms with Gasteiger partial charge in [-0.25, -0.2) is 4.98 Å². The molecule has 0 atom stereocenters. The number of aromatic nitrogens is 1. The Morgan fingerprint density at radius 2 is 2.11 bits per heavy atom. The van der Waals surface area contributed by atoms with E-state index in [1.54, 1.807) is 0 Å². The molecule has 0 bridgehead atoms. The fourth-order valence-corrected chi connectivity index (χ4v) is 2.23. The summed E-state index contributed by atoms with van der Waals surface area (Å²) in [5.41, 5.74) is 1.26. The normalized spacial score (nSPS) is 10.7. The molecule has 0 aliphatic rings. The van der Waals surface area contributed by atoms with Gasteiger partial charge in [0.05, 0.1) is 0 Å². The van der Waals surface area contributed by atoms with E-state index in [1.807, 2.05) is 6.20 Å². The Labute approximate surface area is 119 Å². The molecule has 4 heteroatoms. The molecule has 1 heterocycles. The average Bonchev–Trinajstić information content (AvgIpc) is 2.36. The maximum Gasteiger partial charge on any atom is 0.132 e. The molecule has 0 unspecified atom stereocenters. The van der Waals surface area contributed by atoms with Crippen molar-refractivity contribution < 1.29 is 0 Å². The topological polar surface area (TPSA) is 28.2 Å². The fraction of sp³-hybridized carbons (Fsp3) is 0.643. The van der Waals surface area contributed by atoms with E-state index in [-0.39, 0.29) is 0 Å². The van der Waals surface area contributed by atoms with Gasteiger partial charge in [0, 0.05) is 36.4 Å². The van der Waals surface area contributed by atoms with Gasteiger partial charge in [-0.1, -0.05) is 20.3 Å². The van der Waals surface area contributed by atoms with E-state index in [2.05, 4.69) is 58.1 Å². The first-order chi connectivity index (χ1) is 8.69. The van der Waals surface area contributed by atoms with Crippen LogP contribution < -0.4 is 10.2 Å². The molecule has 3 nitrogen and oxygen atoms in total. The third kappa shape index (κ3) is 4.94. The molecule has 1 aromatic heterocycles. The Morgan fingerprint density at radius 1 is 1.33 bits per heavy atom. The van der Waals surface area contributed by atoms with Crippen molar-refractivity contribution in [1.29, 1.82) is 0 Å². The monoisotopic (exact) mass is 313 g/mol. The third-order valence-electron chi connectivity index (χ3n) is 2.86. The van der Waals surface area contributed by atoms with Gasteiger partial charge in [0.15, 0.2) is 0 Å². The Morgan fingerprint density at radius 3 is 2.78 bits per heavy atom. The van der Waals surface area contributed by atoms with Crippen molar-refractivity contribution >= 4 is 21.7 Å². The van der Waals surface area contributed by atoms with Gasteiger partial charge in [-0.15, -0.1) is 0 Å². The molecule has 0 aromatic carbocycles. The van der Waals surface area contributed by atoms with E-state index in [9.17, 15) is 0 Å². The second-order valence-electron chi connectivity index (χ2n) is 4.59. The summed E-state index contributed by atoms with van der Waals surface area (Å²) < 4.78 is 1.04. The van der Waals surface area contributed by atoms with Crippen LogP contribution in [-0.2, 0) is 6.54 Å². The Kier molecular flexibility index (Phi) is 7.28. The largest absolute Gasteiger partial charge is 0.359 e. The minimum atomic E-state index is 0.881. The first-order valence-corrected chi connectivity index (χ1v) is 7.54. The predicted molar refractivity (Wildman–Crippen MR) is 82.1 cm³/mol. The van der Waals surface area contributed by atoms with Crippen molar-refractivity contribution in [2.24, 2.45) is 0 Å². The molecule has 0 saturated heterocycles. The van der Waals surface area contributed by atoms with Crippen LogP contribution in [0.4, 0.5) is 5.82 Å². The first-order valence-electron chi connectivity index (χ1n) is 6.75.